The molecule has 0 radical (unpaired) electrons. The van der Waals surface area contributed by atoms with E-state index >= 15 is 0 Å². The fourth-order valence-electron chi connectivity index (χ4n) is 3.09. The molecule has 1 N–H and O–H groups in total. The molecule has 2 heterocycles. The average molecular weight is 226 g/mol. The lowest BCUT2D eigenvalue weighted by Crippen LogP contribution is -2.37. The Morgan fingerprint density at radius 2 is 2.31 bits per heavy atom. The van der Waals surface area contributed by atoms with Crippen LogP contribution in [0.2, 0.25) is 0 Å². The molecule has 94 valence electrons. The Hall–Kier alpha value is -0.120. The van der Waals surface area contributed by atoms with E-state index in [0.29, 0.717) is 11.5 Å². The van der Waals surface area contributed by atoms with Crippen molar-refractivity contribution in [3.8, 4) is 0 Å². The molecule has 3 nitrogen and oxygen atoms in total. The zero-order valence-electron chi connectivity index (χ0n) is 10.8. The maximum Gasteiger partial charge on any atom is 0.0702 e. The fourth-order valence-corrected chi connectivity index (χ4v) is 3.09. The minimum atomic E-state index is 0.476. The second-order valence-corrected chi connectivity index (χ2v) is 5.81. The number of hydrogen-bond acceptors (Lipinski definition) is 3. The van der Waals surface area contributed by atoms with Crippen LogP contribution in [0.3, 0.4) is 0 Å². The Balaban J connectivity index is 1.75. The molecule has 0 saturated carbocycles. The summed E-state index contributed by atoms with van der Waals surface area (Å²) in [5.74, 6) is 0. The first-order valence-electron chi connectivity index (χ1n) is 6.70. The van der Waals surface area contributed by atoms with Crippen LogP contribution in [0.4, 0.5) is 0 Å². The van der Waals surface area contributed by atoms with E-state index in [0.717, 1.165) is 19.7 Å². The number of hydrogen-bond donors (Lipinski definition) is 1. The molecule has 3 heteroatoms. The van der Waals surface area contributed by atoms with Crippen molar-refractivity contribution in [1.29, 1.82) is 0 Å². The Kier molecular flexibility index (Phi) is 4.22. The number of nitrogens with zero attached hydrogens (tertiary/aromatic N) is 1. The van der Waals surface area contributed by atoms with Crippen LogP contribution in [0.5, 0.6) is 0 Å². The van der Waals surface area contributed by atoms with Crippen LogP contribution in [0.25, 0.3) is 0 Å². The summed E-state index contributed by atoms with van der Waals surface area (Å²) in [6.45, 7) is 8.14. The summed E-state index contributed by atoms with van der Waals surface area (Å²) in [6.07, 6.45) is 5.70. The zero-order valence-corrected chi connectivity index (χ0v) is 10.8. The first-order chi connectivity index (χ1) is 7.72. The van der Waals surface area contributed by atoms with E-state index < -0.39 is 0 Å². The van der Waals surface area contributed by atoms with Gasteiger partial charge in [-0.25, -0.2) is 0 Å². The van der Waals surface area contributed by atoms with Crippen molar-refractivity contribution in [2.24, 2.45) is 5.41 Å². The summed E-state index contributed by atoms with van der Waals surface area (Å²) >= 11 is 0. The number of rotatable bonds is 4. The van der Waals surface area contributed by atoms with Crippen LogP contribution in [0.15, 0.2) is 0 Å². The first kappa shape index (κ1) is 12.3. The van der Waals surface area contributed by atoms with Crippen molar-refractivity contribution in [3.05, 3.63) is 0 Å². The summed E-state index contributed by atoms with van der Waals surface area (Å²) < 4.78 is 5.81. The normalized spacial score (nSPS) is 36.8. The van der Waals surface area contributed by atoms with E-state index in [-0.39, 0.29) is 0 Å². The van der Waals surface area contributed by atoms with Crippen LogP contribution in [-0.2, 0) is 4.74 Å². The van der Waals surface area contributed by atoms with Crippen molar-refractivity contribution in [1.82, 2.24) is 10.2 Å². The molecule has 2 unspecified atom stereocenters. The van der Waals surface area contributed by atoms with Gasteiger partial charge < -0.3 is 15.0 Å². The third kappa shape index (κ3) is 3.19. The molecular formula is C13H26N2O. The molecule has 2 saturated heterocycles. The van der Waals surface area contributed by atoms with E-state index in [1.807, 2.05) is 0 Å². The molecule has 2 atom stereocenters. The highest BCUT2D eigenvalue weighted by atomic mass is 16.5. The molecule has 0 aromatic rings. The lowest BCUT2D eigenvalue weighted by Gasteiger charge is -2.29. The fraction of sp³-hybridized carbons (Fsp3) is 1.00. The van der Waals surface area contributed by atoms with E-state index in [1.54, 1.807) is 0 Å². The minimum absolute atomic E-state index is 0.476. The largest absolute Gasteiger partial charge is 0.377 e. The molecule has 0 spiro atoms. The highest BCUT2D eigenvalue weighted by Gasteiger charge is 2.34. The predicted octanol–water partition coefficient (Wildman–Crippen LogP) is 1.49. The van der Waals surface area contributed by atoms with E-state index in [4.69, 9.17) is 4.74 Å². The monoisotopic (exact) mass is 226 g/mol. The van der Waals surface area contributed by atoms with Gasteiger partial charge in [-0.05, 0) is 44.7 Å². The van der Waals surface area contributed by atoms with Crippen LogP contribution in [0, 0.1) is 5.41 Å². The third-order valence-electron chi connectivity index (χ3n) is 3.98. The Morgan fingerprint density at radius 1 is 1.44 bits per heavy atom. The van der Waals surface area contributed by atoms with Gasteiger partial charge >= 0.3 is 0 Å². The van der Waals surface area contributed by atoms with Gasteiger partial charge in [0.25, 0.3) is 0 Å². The average Bonchev–Trinajstić information content (AvgIpc) is 2.62. The lowest BCUT2D eigenvalue weighted by molar-refractivity contribution is -0.00327. The van der Waals surface area contributed by atoms with Crippen LogP contribution in [-0.4, -0.2) is 50.8 Å². The smallest absolute Gasteiger partial charge is 0.0702 e. The number of ether oxygens (including phenoxy) is 1. The van der Waals surface area contributed by atoms with Gasteiger partial charge in [-0.1, -0.05) is 6.92 Å². The van der Waals surface area contributed by atoms with Crippen molar-refractivity contribution in [3.63, 3.8) is 0 Å². The van der Waals surface area contributed by atoms with Crippen LogP contribution < -0.4 is 5.32 Å². The number of nitrogens with one attached hydrogen (secondary N) is 1. The van der Waals surface area contributed by atoms with Gasteiger partial charge in [0.2, 0.25) is 0 Å². The second-order valence-electron chi connectivity index (χ2n) is 5.81. The zero-order chi connectivity index (χ0) is 11.4. The number of likely N-dealkylation sites (tertiary alicyclic amines) is 1. The van der Waals surface area contributed by atoms with Crippen molar-refractivity contribution >= 4 is 0 Å². The van der Waals surface area contributed by atoms with Gasteiger partial charge in [0.15, 0.2) is 0 Å². The van der Waals surface area contributed by atoms with Crippen molar-refractivity contribution < 1.29 is 4.74 Å². The summed E-state index contributed by atoms with van der Waals surface area (Å²) in [5.41, 5.74) is 0.476. The molecule has 0 aliphatic carbocycles. The maximum atomic E-state index is 5.81. The first-order valence-corrected chi connectivity index (χ1v) is 6.70. The van der Waals surface area contributed by atoms with Gasteiger partial charge in [0.05, 0.1) is 6.10 Å². The van der Waals surface area contributed by atoms with Gasteiger partial charge in [-0.15, -0.1) is 0 Å². The molecule has 2 fully saturated rings. The molecule has 0 amide bonds. The highest BCUT2D eigenvalue weighted by molar-refractivity contribution is 4.88. The van der Waals surface area contributed by atoms with E-state index in [9.17, 15) is 0 Å². The molecule has 0 aromatic heterocycles. The molecule has 16 heavy (non-hydrogen) atoms. The van der Waals surface area contributed by atoms with Crippen molar-refractivity contribution in [2.45, 2.75) is 38.7 Å². The van der Waals surface area contributed by atoms with Crippen LogP contribution in [0.1, 0.15) is 32.6 Å². The topological polar surface area (TPSA) is 24.5 Å². The third-order valence-corrected chi connectivity index (χ3v) is 3.98. The van der Waals surface area contributed by atoms with Gasteiger partial charge in [-0.3, -0.25) is 0 Å². The van der Waals surface area contributed by atoms with Gasteiger partial charge in [0, 0.05) is 26.2 Å². The molecule has 2 aliphatic rings. The SMILES string of the molecule is CNCC1(C)CCN(CC2CCCCO2)C1. The van der Waals surface area contributed by atoms with E-state index in [2.05, 4.69) is 24.2 Å². The Morgan fingerprint density at radius 3 is 3.00 bits per heavy atom. The minimum Gasteiger partial charge on any atom is -0.377 e. The maximum absolute atomic E-state index is 5.81. The van der Waals surface area contributed by atoms with E-state index in [1.165, 1.54) is 38.8 Å². The Labute approximate surface area is 99.5 Å². The van der Waals surface area contributed by atoms with Gasteiger partial charge in [-0.2, -0.15) is 0 Å². The van der Waals surface area contributed by atoms with Gasteiger partial charge in [0.1, 0.15) is 0 Å². The lowest BCUT2D eigenvalue weighted by atomic mass is 9.90. The van der Waals surface area contributed by atoms with Crippen molar-refractivity contribution in [2.75, 3.05) is 39.8 Å². The van der Waals surface area contributed by atoms with Crippen LogP contribution >= 0.6 is 0 Å². The molecule has 2 aliphatic heterocycles. The molecular weight excluding hydrogens is 200 g/mol. The summed E-state index contributed by atoms with van der Waals surface area (Å²) in [7, 11) is 2.05. The quantitative estimate of drug-likeness (QED) is 0.786. The standard InChI is InChI=1S/C13H26N2O/c1-13(10-14-2)6-7-15(11-13)9-12-5-3-4-8-16-12/h12,14H,3-11H2,1-2H3. The second kappa shape index (κ2) is 5.48. The summed E-state index contributed by atoms with van der Waals surface area (Å²) in [5, 5.41) is 3.32. The summed E-state index contributed by atoms with van der Waals surface area (Å²) in [6, 6.07) is 0. The summed E-state index contributed by atoms with van der Waals surface area (Å²) in [4.78, 5) is 2.59. The molecule has 0 bridgehead atoms. The Bertz CT molecular complexity index is 216. The highest BCUT2D eigenvalue weighted by Crippen LogP contribution is 2.29. The molecule has 0 aromatic carbocycles. The molecule has 2 rings (SSSR count). The predicted molar refractivity (Wildman–Crippen MR) is 66.7 cm³/mol.